The fourth-order valence-corrected chi connectivity index (χ4v) is 3.06. The van der Waals surface area contributed by atoms with Crippen LogP contribution in [0.5, 0.6) is 5.75 Å². The van der Waals surface area contributed by atoms with E-state index in [-0.39, 0.29) is 24.3 Å². The highest BCUT2D eigenvalue weighted by atomic mass is 19.1. The van der Waals surface area contributed by atoms with Crippen LogP contribution in [-0.4, -0.2) is 41.8 Å². The lowest BCUT2D eigenvalue weighted by Gasteiger charge is -2.22. The lowest BCUT2D eigenvalue weighted by atomic mass is 10.0. The van der Waals surface area contributed by atoms with Gasteiger partial charge in [0.15, 0.2) is 0 Å². The lowest BCUT2D eigenvalue weighted by Crippen LogP contribution is -2.54. The zero-order chi connectivity index (χ0) is 23.8. The van der Waals surface area contributed by atoms with Gasteiger partial charge in [-0.25, -0.2) is 4.39 Å². The van der Waals surface area contributed by atoms with E-state index in [1.165, 1.54) is 56.5 Å². The molecule has 3 amide bonds. The number of halogens is 1. The number of ether oxygens (including phenoxy) is 1. The third-order valence-corrected chi connectivity index (χ3v) is 4.61. The highest BCUT2D eigenvalue weighted by Crippen LogP contribution is 2.25. The second-order valence-corrected chi connectivity index (χ2v) is 7.00. The summed E-state index contributed by atoms with van der Waals surface area (Å²) in [4.78, 5) is 46.9. The average molecular weight is 446 g/mol. The van der Waals surface area contributed by atoms with Gasteiger partial charge in [0.05, 0.1) is 12.0 Å². The van der Waals surface area contributed by atoms with Crippen LogP contribution >= 0.6 is 0 Å². The van der Waals surface area contributed by atoms with Crippen molar-refractivity contribution in [2.45, 2.75) is 31.8 Å². The molecule has 0 spiro atoms. The van der Waals surface area contributed by atoms with Gasteiger partial charge in [0.1, 0.15) is 23.7 Å². The normalized spacial score (nSPS) is 12.3. The van der Waals surface area contributed by atoms with E-state index in [4.69, 9.17) is 10.5 Å². The number of nitrogens with zero attached hydrogens (tertiary/aromatic N) is 1. The van der Waals surface area contributed by atoms with E-state index in [1.807, 2.05) is 0 Å². The summed E-state index contributed by atoms with van der Waals surface area (Å²) >= 11 is 0. The largest absolute Gasteiger partial charge is 0.496 e. The van der Waals surface area contributed by atoms with Gasteiger partial charge < -0.3 is 21.1 Å². The van der Waals surface area contributed by atoms with Crippen LogP contribution in [0.25, 0.3) is 0 Å². The fourth-order valence-electron chi connectivity index (χ4n) is 3.06. The molecule has 2 aromatic rings. The number of hydrogen-bond donors (Lipinski definition) is 3. The molecule has 2 aromatic carbocycles. The number of carbonyl (C=O) groups is 3. The number of hydrogen-bond acceptors (Lipinski definition) is 6. The van der Waals surface area contributed by atoms with Crippen molar-refractivity contribution in [1.82, 2.24) is 10.6 Å². The summed E-state index contributed by atoms with van der Waals surface area (Å²) in [5, 5.41) is 16.0. The second kappa shape index (κ2) is 10.8. The van der Waals surface area contributed by atoms with Crippen LogP contribution in [0.1, 0.15) is 18.1 Å². The highest BCUT2D eigenvalue weighted by Gasteiger charge is 2.27. The molecule has 2 rings (SSSR count). The van der Waals surface area contributed by atoms with E-state index in [1.54, 1.807) is 0 Å². The first-order valence-electron chi connectivity index (χ1n) is 9.53. The molecule has 0 bridgehead atoms. The van der Waals surface area contributed by atoms with E-state index in [9.17, 15) is 28.9 Å². The molecular formula is C21H23FN4O6. The van der Waals surface area contributed by atoms with Crippen LogP contribution in [0.3, 0.4) is 0 Å². The number of nitrogens with one attached hydrogen (secondary N) is 2. The molecule has 0 heterocycles. The van der Waals surface area contributed by atoms with Gasteiger partial charge in [0, 0.05) is 37.5 Å². The molecule has 2 atom stereocenters. The number of nitro benzene ring substituents is 1. The number of nitro groups is 1. The van der Waals surface area contributed by atoms with Gasteiger partial charge in [-0.3, -0.25) is 24.5 Å². The quantitative estimate of drug-likeness (QED) is 0.365. The van der Waals surface area contributed by atoms with Crippen molar-refractivity contribution in [3.63, 3.8) is 0 Å². The predicted octanol–water partition coefficient (Wildman–Crippen LogP) is 1.00. The van der Waals surface area contributed by atoms with Crippen LogP contribution in [0, 0.1) is 15.9 Å². The molecule has 0 aliphatic heterocycles. The van der Waals surface area contributed by atoms with Gasteiger partial charge in [0.25, 0.3) is 5.69 Å². The monoisotopic (exact) mass is 446 g/mol. The fraction of sp³-hybridized carbons (Fsp3) is 0.286. The molecule has 0 aliphatic rings. The first-order chi connectivity index (χ1) is 15.1. The Balaban J connectivity index is 2.24. The van der Waals surface area contributed by atoms with Gasteiger partial charge in [-0.15, -0.1) is 0 Å². The van der Waals surface area contributed by atoms with Crippen molar-refractivity contribution in [2.75, 3.05) is 7.11 Å². The predicted molar refractivity (Wildman–Crippen MR) is 112 cm³/mol. The zero-order valence-corrected chi connectivity index (χ0v) is 17.5. The lowest BCUT2D eigenvalue weighted by molar-refractivity contribution is -0.384. The number of amides is 3. The number of benzene rings is 2. The van der Waals surface area contributed by atoms with Crippen molar-refractivity contribution < 1.29 is 28.4 Å². The van der Waals surface area contributed by atoms with Gasteiger partial charge in [0.2, 0.25) is 17.7 Å². The van der Waals surface area contributed by atoms with Crippen molar-refractivity contribution in [3.05, 3.63) is 69.5 Å². The van der Waals surface area contributed by atoms with Crippen molar-refractivity contribution in [3.8, 4) is 5.75 Å². The summed E-state index contributed by atoms with van der Waals surface area (Å²) in [6.07, 6.45) is -0.132. The molecule has 0 aromatic heterocycles. The summed E-state index contributed by atoms with van der Waals surface area (Å²) < 4.78 is 18.3. The first kappa shape index (κ1) is 24.3. The van der Waals surface area contributed by atoms with Gasteiger partial charge in [-0.2, -0.15) is 0 Å². The van der Waals surface area contributed by atoms with Crippen LogP contribution in [0.4, 0.5) is 10.1 Å². The van der Waals surface area contributed by atoms with Gasteiger partial charge in [-0.1, -0.05) is 12.1 Å². The van der Waals surface area contributed by atoms with E-state index in [0.717, 1.165) is 0 Å². The van der Waals surface area contributed by atoms with Crippen molar-refractivity contribution in [1.29, 1.82) is 0 Å². The van der Waals surface area contributed by atoms with Gasteiger partial charge >= 0.3 is 0 Å². The van der Waals surface area contributed by atoms with Gasteiger partial charge in [-0.05, 0) is 23.8 Å². The number of carbonyl (C=O) groups excluding carboxylic acids is 3. The smallest absolute Gasteiger partial charge is 0.269 e. The Morgan fingerprint density at radius 3 is 2.28 bits per heavy atom. The first-order valence-corrected chi connectivity index (χ1v) is 9.53. The highest BCUT2D eigenvalue weighted by molar-refractivity contribution is 5.91. The topological polar surface area (TPSA) is 154 Å². The average Bonchev–Trinajstić information content (AvgIpc) is 2.73. The Morgan fingerprint density at radius 2 is 1.75 bits per heavy atom. The van der Waals surface area contributed by atoms with Crippen LogP contribution < -0.4 is 21.1 Å². The number of rotatable bonds is 10. The molecule has 0 aliphatic carbocycles. The summed E-state index contributed by atoms with van der Waals surface area (Å²) in [6.45, 7) is 1.23. The number of nitrogens with two attached hydrogens (primary N) is 1. The van der Waals surface area contributed by atoms with Crippen LogP contribution in [0.15, 0.2) is 42.5 Å². The Morgan fingerprint density at radius 1 is 1.09 bits per heavy atom. The minimum absolute atomic E-state index is 0.0390. The van der Waals surface area contributed by atoms with Crippen molar-refractivity contribution >= 4 is 23.4 Å². The maximum atomic E-state index is 13.1. The Labute approximate surface area is 183 Å². The zero-order valence-electron chi connectivity index (χ0n) is 17.5. The maximum absolute atomic E-state index is 13.1. The van der Waals surface area contributed by atoms with Crippen LogP contribution in [0.2, 0.25) is 0 Å². The maximum Gasteiger partial charge on any atom is 0.269 e. The Kier molecular flexibility index (Phi) is 8.22. The molecule has 32 heavy (non-hydrogen) atoms. The summed E-state index contributed by atoms with van der Waals surface area (Å²) in [7, 11) is 1.36. The van der Waals surface area contributed by atoms with Crippen LogP contribution in [-0.2, 0) is 27.2 Å². The SMILES string of the molecule is COc1ccc([N+](=O)[O-])cc1C[C@H](NC(=O)[C@@H](Cc1ccc(F)cc1)NC(C)=O)C(N)=O. The molecule has 0 fully saturated rings. The molecule has 0 saturated carbocycles. The third kappa shape index (κ3) is 6.76. The molecule has 0 saturated heterocycles. The number of methoxy groups -OCH3 is 1. The Hall–Kier alpha value is -4.02. The summed E-state index contributed by atoms with van der Waals surface area (Å²) in [5.74, 6) is -2.23. The van der Waals surface area contributed by atoms with E-state index < -0.39 is 40.5 Å². The molecule has 170 valence electrons. The standard InChI is InChI=1S/C21H23FN4O6/c1-12(27)24-18(9-13-3-5-15(22)6-4-13)21(29)25-17(20(23)28)11-14-10-16(26(30)31)7-8-19(14)32-2/h3-8,10,17-18H,9,11H2,1-2H3,(H2,23,28)(H,24,27)(H,25,29)/t17-,18+/m0/s1. The third-order valence-electron chi connectivity index (χ3n) is 4.61. The molecule has 11 heteroatoms. The molecular weight excluding hydrogens is 423 g/mol. The summed E-state index contributed by atoms with van der Waals surface area (Å²) in [5.41, 5.74) is 6.09. The van der Waals surface area contributed by atoms with Crippen molar-refractivity contribution in [2.24, 2.45) is 5.73 Å². The molecule has 10 nitrogen and oxygen atoms in total. The molecule has 0 unspecified atom stereocenters. The Bertz CT molecular complexity index is 1010. The van der Waals surface area contributed by atoms with E-state index in [0.29, 0.717) is 11.1 Å². The number of non-ortho nitro benzene ring substituents is 1. The molecule has 0 radical (unpaired) electrons. The minimum Gasteiger partial charge on any atom is -0.496 e. The van der Waals surface area contributed by atoms with E-state index >= 15 is 0 Å². The summed E-state index contributed by atoms with van der Waals surface area (Å²) in [6, 6.07) is 6.93. The number of primary amides is 1. The molecule has 4 N–H and O–H groups in total. The van der Waals surface area contributed by atoms with E-state index in [2.05, 4.69) is 10.6 Å². The minimum atomic E-state index is -1.23. The second-order valence-electron chi connectivity index (χ2n) is 7.00.